The molecule has 1 amide bonds. The van der Waals surface area contributed by atoms with Crippen LogP contribution in [-0.4, -0.2) is 27.4 Å². The number of carbonyl (C=O) groups excluding carboxylic acids is 1. The van der Waals surface area contributed by atoms with Crippen molar-refractivity contribution < 1.29 is 13.9 Å². The van der Waals surface area contributed by atoms with E-state index in [1.54, 1.807) is 24.4 Å². The van der Waals surface area contributed by atoms with Crippen molar-refractivity contribution in [1.82, 2.24) is 20.3 Å². The number of halogens is 1. The highest BCUT2D eigenvalue weighted by Gasteiger charge is 2.07. The first-order valence-corrected chi connectivity index (χ1v) is 6.33. The van der Waals surface area contributed by atoms with Crippen LogP contribution in [0.4, 0.5) is 4.39 Å². The normalized spacial score (nSPS) is 10.1. The second-order valence-corrected chi connectivity index (χ2v) is 4.22. The van der Waals surface area contributed by atoms with Gasteiger partial charge in [0.05, 0.1) is 6.20 Å². The molecule has 0 unspecified atom stereocenters. The predicted molar refractivity (Wildman–Crippen MR) is 74.0 cm³/mol. The van der Waals surface area contributed by atoms with Gasteiger partial charge in [-0.2, -0.15) is 0 Å². The average molecular weight is 290 g/mol. The number of ether oxygens (including phenoxy) is 1. The maximum absolute atomic E-state index is 13.4. The van der Waals surface area contributed by atoms with Gasteiger partial charge in [0.2, 0.25) is 5.91 Å². The first kappa shape index (κ1) is 14.7. The Morgan fingerprint density at radius 1 is 1.48 bits per heavy atom. The van der Waals surface area contributed by atoms with E-state index >= 15 is 0 Å². The van der Waals surface area contributed by atoms with Gasteiger partial charge in [0.1, 0.15) is 18.8 Å². The Morgan fingerprint density at radius 2 is 2.29 bits per heavy atom. The molecule has 0 aliphatic heterocycles. The number of hydrogen-bond acceptors (Lipinski definition) is 4. The van der Waals surface area contributed by atoms with E-state index in [0.717, 1.165) is 0 Å². The predicted octanol–water partition coefficient (Wildman–Crippen LogP) is 1.30. The number of para-hydroxylation sites is 1. The van der Waals surface area contributed by atoms with Gasteiger partial charge in [0.15, 0.2) is 11.6 Å². The fourth-order valence-corrected chi connectivity index (χ4v) is 1.58. The standard InChI is InChI=1S/C14H15FN4O2/c1-2-7-16-14(20)9-19-8-11(17-18-19)10-21-13-6-4-3-5-12(13)15/h2-6,8H,1,7,9-10H2,(H,16,20). The first-order valence-electron chi connectivity index (χ1n) is 6.33. The summed E-state index contributed by atoms with van der Waals surface area (Å²) in [5.41, 5.74) is 0.509. The quantitative estimate of drug-likeness (QED) is 0.780. The van der Waals surface area contributed by atoms with Crippen molar-refractivity contribution in [3.05, 3.63) is 54.6 Å². The minimum absolute atomic E-state index is 0.0561. The molecule has 0 atom stereocenters. The molecule has 2 rings (SSSR count). The molecule has 1 heterocycles. The molecule has 0 saturated carbocycles. The summed E-state index contributed by atoms with van der Waals surface area (Å²) in [5.74, 6) is -0.481. The van der Waals surface area contributed by atoms with E-state index < -0.39 is 5.82 Å². The summed E-state index contributed by atoms with van der Waals surface area (Å²) in [4.78, 5) is 11.5. The van der Waals surface area contributed by atoms with Crippen LogP contribution < -0.4 is 10.1 Å². The molecule has 0 aliphatic rings. The third-order valence-corrected chi connectivity index (χ3v) is 2.55. The van der Waals surface area contributed by atoms with Gasteiger partial charge < -0.3 is 10.1 Å². The monoisotopic (exact) mass is 290 g/mol. The summed E-state index contributed by atoms with van der Waals surface area (Å²) in [5, 5.41) is 10.3. The van der Waals surface area contributed by atoms with Gasteiger partial charge in [-0.15, -0.1) is 11.7 Å². The van der Waals surface area contributed by atoms with Crippen LogP contribution in [0.5, 0.6) is 5.75 Å². The van der Waals surface area contributed by atoms with E-state index in [1.807, 2.05) is 0 Å². The van der Waals surface area contributed by atoms with Gasteiger partial charge in [-0.05, 0) is 12.1 Å². The molecule has 110 valence electrons. The van der Waals surface area contributed by atoms with Crippen molar-refractivity contribution in [2.45, 2.75) is 13.2 Å². The second-order valence-electron chi connectivity index (χ2n) is 4.22. The third-order valence-electron chi connectivity index (χ3n) is 2.55. The highest BCUT2D eigenvalue weighted by atomic mass is 19.1. The minimum atomic E-state index is -0.436. The van der Waals surface area contributed by atoms with Crippen molar-refractivity contribution in [1.29, 1.82) is 0 Å². The molecule has 6 nitrogen and oxygen atoms in total. The van der Waals surface area contributed by atoms with E-state index in [9.17, 15) is 9.18 Å². The topological polar surface area (TPSA) is 69.0 Å². The molecule has 21 heavy (non-hydrogen) atoms. The molecule has 7 heteroatoms. The summed E-state index contributed by atoms with van der Waals surface area (Å²) in [6, 6.07) is 6.11. The van der Waals surface area contributed by atoms with E-state index in [1.165, 1.54) is 16.8 Å². The molecule has 0 fully saturated rings. The number of benzene rings is 1. The molecule has 0 bridgehead atoms. The van der Waals surface area contributed by atoms with Crippen LogP contribution in [0, 0.1) is 5.82 Å². The zero-order chi connectivity index (χ0) is 15.1. The summed E-state index contributed by atoms with van der Waals surface area (Å²) in [7, 11) is 0. The van der Waals surface area contributed by atoms with Crippen LogP contribution in [0.2, 0.25) is 0 Å². The third kappa shape index (κ3) is 4.41. The lowest BCUT2D eigenvalue weighted by molar-refractivity contribution is -0.121. The van der Waals surface area contributed by atoms with Gasteiger partial charge in [-0.25, -0.2) is 9.07 Å². The van der Waals surface area contributed by atoms with Crippen LogP contribution in [-0.2, 0) is 17.9 Å². The average Bonchev–Trinajstić information content (AvgIpc) is 2.92. The lowest BCUT2D eigenvalue weighted by Gasteiger charge is -2.04. The van der Waals surface area contributed by atoms with Gasteiger partial charge in [0.25, 0.3) is 0 Å². The smallest absolute Gasteiger partial charge is 0.242 e. The van der Waals surface area contributed by atoms with Gasteiger partial charge in [-0.3, -0.25) is 4.79 Å². The molecule has 0 spiro atoms. The maximum atomic E-state index is 13.4. The lowest BCUT2D eigenvalue weighted by atomic mass is 10.3. The number of hydrogen-bond donors (Lipinski definition) is 1. The molecule has 1 aromatic heterocycles. The van der Waals surface area contributed by atoms with Crippen molar-refractivity contribution in [3.8, 4) is 5.75 Å². The molecule has 0 aliphatic carbocycles. The Hall–Kier alpha value is -2.70. The molecule has 1 N–H and O–H groups in total. The van der Waals surface area contributed by atoms with E-state index in [4.69, 9.17) is 4.74 Å². The maximum Gasteiger partial charge on any atom is 0.242 e. The fourth-order valence-electron chi connectivity index (χ4n) is 1.58. The Bertz CT molecular complexity index is 627. The van der Waals surface area contributed by atoms with Crippen molar-refractivity contribution >= 4 is 5.91 Å². The second kappa shape index (κ2) is 7.18. The first-order chi connectivity index (χ1) is 10.2. The zero-order valence-electron chi connectivity index (χ0n) is 11.3. The fraction of sp³-hybridized carbons (Fsp3) is 0.214. The Balaban J connectivity index is 1.87. The number of nitrogens with zero attached hydrogens (tertiary/aromatic N) is 3. The van der Waals surface area contributed by atoms with Gasteiger partial charge in [-0.1, -0.05) is 23.4 Å². The summed E-state index contributed by atoms with van der Waals surface area (Å²) >= 11 is 0. The summed E-state index contributed by atoms with van der Waals surface area (Å²) in [6.45, 7) is 4.04. The van der Waals surface area contributed by atoms with Crippen molar-refractivity contribution in [2.24, 2.45) is 0 Å². The molecule has 2 aromatic rings. The highest BCUT2D eigenvalue weighted by molar-refractivity contribution is 5.75. The summed E-state index contributed by atoms with van der Waals surface area (Å²) < 4.78 is 20.0. The molecule has 0 radical (unpaired) electrons. The molecule has 1 aromatic carbocycles. The van der Waals surface area contributed by atoms with Crippen LogP contribution in [0.25, 0.3) is 0 Å². The van der Waals surface area contributed by atoms with E-state index in [0.29, 0.717) is 12.2 Å². The Morgan fingerprint density at radius 3 is 3.05 bits per heavy atom. The summed E-state index contributed by atoms with van der Waals surface area (Å²) in [6.07, 6.45) is 3.17. The van der Waals surface area contributed by atoms with E-state index in [-0.39, 0.29) is 24.8 Å². The molecular formula is C14H15FN4O2. The molecule has 0 saturated heterocycles. The number of rotatable bonds is 7. The van der Waals surface area contributed by atoms with Gasteiger partial charge in [0, 0.05) is 6.54 Å². The number of amides is 1. The number of nitrogens with one attached hydrogen (secondary N) is 1. The van der Waals surface area contributed by atoms with Crippen molar-refractivity contribution in [3.63, 3.8) is 0 Å². The zero-order valence-corrected chi connectivity index (χ0v) is 11.3. The van der Waals surface area contributed by atoms with Crippen molar-refractivity contribution in [2.75, 3.05) is 6.54 Å². The minimum Gasteiger partial charge on any atom is -0.484 e. The lowest BCUT2D eigenvalue weighted by Crippen LogP contribution is -2.27. The Kier molecular flexibility index (Phi) is 5.03. The van der Waals surface area contributed by atoms with Crippen LogP contribution in [0.3, 0.4) is 0 Å². The molecular weight excluding hydrogens is 275 g/mol. The van der Waals surface area contributed by atoms with Crippen LogP contribution in [0.1, 0.15) is 5.69 Å². The number of aromatic nitrogens is 3. The van der Waals surface area contributed by atoms with Gasteiger partial charge >= 0.3 is 0 Å². The highest BCUT2D eigenvalue weighted by Crippen LogP contribution is 2.16. The number of carbonyl (C=O) groups is 1. The van der Waals surface area contributed by atoms with Crippen LogP contribution in [0.15, 0.2) is 43.1 Å². The SMILES string of the molecule is C=CCNC(=O)Cn1cc(COc2ccccc2F)nn1. The van der Waals surface area contributed by atoms with Crippen LogP contribution >= 0.6 is 0 Å². The van der Waals surface area contributed by atoms with E-state index in [2.05, 4.69) is 22.2 Å². The largest absolute Gasteiger partial charge is 0.484 e. The Labute approximate surface area is 121 Å².